The second-order valence-corrected chi connectivity index (χ2v) is 5.02. The third-order valence-electron chi connectivity index (χ3n) is 3.60. The molecule has 1 atom stereocenters. The Morgan fingerprint density at radius 2 is 2.24 bits per heavy atom. The zero-order valence-electron chi connectivity index (χ0n) is 11.3. The quantitative estimate of drug-likeness (QED) is 0.738. The van der Waals surface area contributed by atoms with E-state index in [-0.39, 0.29) is 5.92 Å². The van der Waals surface area contributed by atoms with Crippen LogP contribution < -0.4 is 0 Å². The van der Waals surface area contributed by atoms with Crippen LogP contribution in [-0.4, -0.2) is 33.1 Å². The summed E-state index contributed by atoms with van der Waals surface area (Å²) in [6.07, 6.45) is 4.60. The molecule has 1 unspecified atom stereocenters. The Kier molecular flexibility index (Phi) is 3.01. The molecule has 2 aromatic heterocycles. The standard InChI is InChI=1S/C15H14N4O2/c1-3-11(9-13(4-1)19-7-2-6-16-19)15-17-14(18-21-15)12-5-8-20-10-12/h1-4,6-7,9,12H,5,8,10H2. The average Bonchev–Trinajstić information content (AvgIpc) is 3.26. The summed E-state index contributed by atoms with van der Waals surface area (Å²) in [7, 11) is 0. The Morgan fingerprint density at radius 1 is 1.24 bits per heavy atom. The number of ether oxygens (including phenoxy) is 1. The fourth-order valence-electron chi connectivity index (χ4n) is 2.46. The van der Waals surface area contributed by atoms with E-state index in [2.05, 4.69) is 15.2 Å². The van der Waals surface area contributed by atoms with Crippen molar-refractivity contribution in [3.05, 3.63) is 48.5 Å². The summed E-state index contributed by atoms with van der Waals surface area (Å²) in [6, 6.07) is 9.76. The van der Waals surface area contributed by atoms with E-state index >= 15 is 0 Å². The van der Waals surface area contributed by atoms with E-state index in [0.717, 1.165) is 30.1 Å². The first-order valence-corrected chi connectivity index (χ1v) is 6.92. The highest BCUT2D eigenvalue weighted by Gasteiger charge is 2.23. The maximum atomic E-state index is 5.39. The van der Waals surface area contributed by atoms with E-state index in [9.17, 15) is 0 Å². The molecular formula is C15H14N4O2. The third kappa shape index (κ3) is 2.34. The van der Waals surface area contributed by atoms with Gasteiger partial charge in [0.05, 0.1) is 12.3 Å². The number of nitrogens with zero attached hydrogens (tertiary/aromatic N) is 4. The SMILES string of the molecule is c1cc(-c2nc(C3CCOC3)no2)cc(-n2cccn2)c1. The van der Waals surface area contributed by atoms with Gasteiger partial charge in [-0.3, -0.25) is 0 Å². The smallest absolute Gasteiger partial charge is 0.258 e. The highest BCUT2D eigenvalue weighted by molar-refractivity contribution is 5.57. The number of aromatic nitrogens is 4. The molecule has 0 aliphatic carbocycles. The Balaban J connectivity index is 1.65. The molecule has 0 spiro atoms. The molecule has 3 heterocycles. The second kappa shape index (κ2) is 5.14. The number of benzene rings is 1. The zero-order chi connectivity index (χ0) is 14.1. The molecule has 6 nitrogen and oxygen atoms in total. The molecule has 21 heavy (non-hydrogen) atoms. The van der Waals surface area contributed by atoms with Crippen LogP contribution in [-0.2, 0) is 4.74 Å². The third-order valence-corrected chi connectivity index (χ3v) is 3.60. The van der Waals surface area contributed by atoms with Gasteiger partial charge in [-0.1, -0.05) is 11.2 Å². The molecule has 1 saturated heterocycles. The van der Waals surface area contributed by atoms with Crippen LogP contribution in [0.4, 0.5) is 0 Å². The van der Waals surface area contributed by atoms with E-state index in [0.29, 0.717) is 12.5 Å². The van der Waals surface area contributed by atoms with Crippen molar-refractivity contribution < 1.29 is 9.26 Å². The van der Waals surface area contributed by atoms with Crippen molar-refractivity contribution in [1.29, 1.82) is 0 Å². The van der Waals surface area contributed by atoms with Crippen molar-refractivity contribution in [2.45, 2.75) is 12.3 Å². The van der Waals surface area contributed by atoms with Crippen LogP contribution in [0.3, 0.4) is 0 Å². The fourth-order valence-corrected chi connectivity index (χ4v) is 2.46. The summed E-state index contributed by atoms with van der Waals surface area (Å²) < 4.78 is 12.5. The molecule has 6 heteroatoms. The molecule has 1 aliphatic rings. The summed E-state index contributed by atoms with van der Waals surface area (Å²) in [6.45, 7) is 1.44. The van der Waals surface area contributed by atoms with E-state index < -0.39 is 0 Å². The highest BCUT2D eigenvalue weighted by atomic mass is 16.5. The normalized spacial score (nSPS) is 18.2. The monoisotopic (exact) mass is 282 g/mol. The van der Waals surface area contributed by atoms with Gasteiger partial charge in [-0.25, -0.2) is 4.68 Å². The van der Waals surface area contributed by atoms with Gasteiger partial charge in [0.2, 0.25) is 0 Å². The molecule has 0 radical (unpaired) electrons. The van der Waals surface area contributed by atoms with Crippen LogP contribution in [0.25, 0.3) is 17.1 Å². The van der Waals surface area contributed by atoms with E-state index in [1.807, 2.05) is 36.5 Å². The Morgan fingerprint density at radius 3 is 3.05 bits per heavy atom. The van der Waals surface area contributed by atoms with Crippen molar-refractivity contribution in [2.75, 3.05) is 13.2 Å². The first-order valence-electron chi connectivity index (χ1n) is 6.92. The molecule has 4 rings (SSSR count). The van der Waals surface area contributed by atoms with Crippen LogP contribution in [0.5, 0.6) is 0 Å². The Labute approximate surface area is 121 Å². The molecule has 0 amide bonds. The lowest BCUT2D eigenvalue weighted by Crippen LogP contribution is -1.99. The lowest BCUT2D eigenvalue weighted by molar-refractivity contribution is 0.192. The average molecular weight is 282 g/mol. The van der Waals surface area contributed by atoms with Gasteiger partial charge in [0, 0.05) is 30.5 Å². The summed E-state index contributed by atoms with van der Waals surface area (Å²) in [4.78, 5) is 4.50. The summed E-state index contributed by atoms with van der Waals surface area (Å²) in [5, 5.41) is 8.30. The van der Waals surface area contributed by atoms with Gasteiger partial charge < -0.3 is 9.26 Å². The predicted octanol–water partition coefficient (Wildman–Crippen LogP) is 2.43. The van der Waals surface area contributed by atoms with Gasteiger partial charge in [0.15, 0.2) is 5.82 Å². The van der Waals surface area contributed by atoms with Crippen molar-refractivity contribution in [2.24, 2.45) is 0 Å². The Bertz CT molecular complexity index is 730. The molecule has 0 N–H and O–H groups in total. The van der Waals surface area contributed by atoms with Gasteiger partial charge >= 0.3 is 0 Å². The summed E-state index contributed by atoms with van der Waals surface area (Å²) in [5.41, 5.74) is 1.85. The largest absolute Gasteiger partial charge is 0.381 e. The van der Waals surface area contributed by atoms with Crippen LogP contribution in [0, 0.1) is 0 Å². The molecule has 106 valence electrons. The maximum Gasteiger partial charge on any atom is 0.258 e. The van der Waals surface area contributed by atoms with Crippen LogP contribution in [0.1, 0.15) is 18.2 Å². The van der Waals surface area contributed by atoms with Crippen molar-refractivity contribution in [3.8, 4) is 17.1 Å². The molecule has 1 fully saturated rings. The first-order chi connectivity index (χ1) is 10.4. The number of hydrogen-bond acceptors (Lipinski definition) is 5. The van der Waals surface area contributed by atoms with Crippen LogP contribution in [0.2, 0.25) is 0 Å². The van der Waals surface area contributed by atoms with E-state index in [1.54, 1.807) is 10.9 Å². The highest BCUT2D eigenvalue weighted by Crippen LogP contribution is 2.26. The van der Waals surface area contributed by atoms with Gasteiger partial charge in [0.25, 0.3) is 5.89 Å². The summed E-state index contributed by atoms with van der Waals surface area (Å²) in [5.74, 6) is 1.51. The molecule has 3 aromatic rings. The summed E-state index contributed by atoms with van der Waals surface area (Å²) >= 11 is 0. The van der Waals surface area contributed by atoms with Crippen molar-refractivity contribution in [3.63, 3.8) is 0 Å². The lowest BCUT2D eigenvalue weighted by atomic mass is 10.1. The minimum atomic E-state index is 0.247. The molecular weight excluding hydrogens is 268 g/mol. The van der Waals surface area contributed by atoms with Gasteiger partial charge in [0.1, 0.15) is 0 Å². The van der Waals surface area contributed by atoms with Gasteiger partial charge in [-0.15, -0.1) is 0 Å². The molecule has 0 saturated carbocycles. The zero-order valence-corrected chi connectivity index (χ0v) is 11.3. The fraction of sp³-hybridized carbons (Fsp3) is 0.267. The van der Waals surface area contributed by atoms with E-state index in [4.69, 9.17) is 9.26 Å². The predicted molar refractivity (Wildman–Crippen MR) is 75.0 cm³/mol. The molecule has 0 bridgehead atoms. The molecule has 1 aliphatic heterocycles. The van der Waals surface area contributed by atoms with Crippen LogP contribution >= 0.6 is 0 Å². The lowest BCUT2D eigenvalue weighted by Gasteiger charge is -2.02. The number of hydrogen-bond donors (Lipinski definition) is 0. The Hall–Kier alpha value is -2.47. The van der Waals surface area contributed by atoms with Crippen molar-refractivity contribution >= 4 is 0 Å². The molecule has 1 aromatic carbocycles. The first kappa shape index (κ1) is 12.3. The topological polar surface area (TPSA) is 66.0 Å². The van der Waals surface area contributed by atoms with Crippen LogP contribution in [0.15, 0.2) is 47.2 Å². The number of rotatable bonds is 3. The maximum absolute atomic E-state index is 5.39. The van der Waals surface area contributed by atoms with Crippen molar-refractivity contribution in [1.82, 2.24) is 19.9 Å². The van der Waals surface area contributed by atoms with Gasteiger partial charge in [-0.05, 0) is 30.7 Å². The van der Waals surface area contributed by atoms with Gasteiger partial charge in [-0.2, -0.15) is 10.1 Å². The minimum absolute atomic E-state index is 0.247. The van der Waals surface area contributed by atoms with E-state index in [1.165, 1.54) is 0 Å². The minimum Gasteiger partial charge on any atom is -0.381 e. The second-order valence-electron chi connectivity index (χ2n) is 5.02.